The molecule has 9 heteroatoms. The number of hydrogen-bond acceptors (Lipinski definition) is 6. The molecule has 2 aromatic carbocycles. The van der Waals surface area contributed by atoms with E-state index in [-0.39, 0.29) is 29.7 Å². The van der Waals surface area contributed by atoms with Crippen LogP contribution in [0.15, 0.2) is 51.9 Å². The van der Waals surface area contributed by atoms with Gasteiger partial charge in [0.15, 0.2) is 0 Å². The van der Waals surface area contributed by atoms with E-state index in [1.54, 1.807) is 12.1 Å². The maximum absolute atomic E-state index is 13.2. The monoisotopic (exact) mass is 523 g/mol. The van der Waals surface area contributed by atoms with Gasteiger partial charge in [0.1, 0.15) is 5.84 Å². The van der Waals surface area contributed by atoms with Gasteiger partial charge in [-0.3, -0.25) is 4.79 Å². The minimum absolute atomic E-state index is 0.0205. The van der Waals surface area contributed by atoms with Crippen LogP contribution in [0.2, 0.25) is 0 Å². The fraction of sp³-hybridized carbons (Fsp3) is 0.393. The van der Waals surface area contributed by atoms with E-state index in [9.17, 15) is 18.3 Å². The first-order valence-electron chi connectivity index (χ1n) is 12.7. The molecule has 0 aliphatic carbocycles. The molecule has 0 spiro atoms. The molecule has 1 fully saturated rings. The second-order valence-corrected chi connectivity index (χ2v) is 11.7. The molecule has 197 valence electrons. The molecule has 0 saturated carbocycles. The molecular formula is C28H35N4O4S. The number of nitrogens with zero attached hydrogens (tertiary/aromatic N) is 3. The lowest BCUT2D eigenvalue weighted by atomic mass is 9.99. The van der Waals surface area contributed by atoms with E-state index >= 15 is 0 Å². The van der Waals surface area contributed by atoms with Crippen LogP contribution in [0.5, 0.6) is 0 Å². The van der Waals surface area contributed by atoms with Crippen molar-refractivity contribution >= 4 is 33.5 Å². The second kappa shape index (κ2) is 11.2. The van der Waals surface area contributed by atoms with Gasteiger partial charge in [-0.05, 0) is 60.7 Å². The highest BCUT2D eigenvalue weighted by molar-refractivity contribution is 7.89. The summed E-state index contributed by atoms with van der Waals surface area (Å²) >= 11 is 0. The molecule has 0 bridgehead atoms. The largest absolute Gasteiger partial charge is 0.396 e. The van der Waals surface area contributed by atoms with Crippen LogP contribution in [0, 0.1) is 12.8 Å². The number of carbonyl (C=O) groups is 1. The first-order valence-corrected chi connectivity index (χ1v) is 14.2. The van der Waals surface area contributed by atoms with Gasteiger partial charge in [0.25, 0.3) is 0 Å². The Bertz CT molecular complexity index is 1340. The van der Waals surface area contributed by atoms with Crippen LogP contribution in [-0.2, 0) is 14.8 Å². The van der Waals surface area contributed by atoms with Gasteiger partial charge >= 0.3 is 0 Å². The van der Waals surface area contributed by atoms with Crippen molar-refractivity contribution in [2.45, 2.75) is 38.0 Å². The van der Waals surface area contributed by atoms with E-state index in [1.807, 2.05) is 35.2 Å². The minimum Gasteiger partial charge on any atom is -0.396 e. The van der Waals surface area contributed by atoms with Crippen LogP contribution >= 0.6 is 0 Å². The van der Waals surface area contributed by atoms with Crippen LogP contribution in [0.25, 0.3) is 17.2 Å². The first kappa shape index (κ1) is 27.0. The third-order valence-corrected chi connectivity index (χ3v) is 8.47. The smallest absolute Gasteiger partial charge is 0.250 e. The second-order valence-electron chi connectivity index (χ2n) is 9.75. The lowest BCUT2D eigenvalue weighted by Crippen LogP contribution is -2.51. The van der Waals surface area contributed by atoms with E-state index in [0.29, 0.717) is 54.4 Å². The van der Waals surface area contributed by atoms with Gasteiger partial charge in [-0.25, -0.2) is 13.4 Å². The van der Waals surface area contributed by atoms with Crippen LogP contribution in [-0.4, -0.2) is 67.3 Å². The highest BCUT2D eigenvalue weighted by Crippen LogP contribution is 2.34. The summed E-state index contributed by atoms with van der Waals surface area (Å²) < 4.78 is 27.6. The lowest BCUT2D eigenvalue weighted by molar-refractivity contribution is -0.127. The van der Waals surface area contributed by atoms with Crippen molar-refractivity contribution in [1.29, 1.82) is 0 Å². The Kier molecular flexibility index (Phi) is 8.16. The highest BCUT2D eigenvalue weighted by atomic mass is 32.2. The summed E-state index contributed by atoms with van der Waals surface area (Å²) in [6, 6.07) is 10.7. The molecule has 2 aliphatic rings. The number of sulfonamides is 1. The van der Waals surface area contributed by atoms with Gasteiger partial charge in [-0.15, -0.1) is 0 Å². The summed E-state index contributed by atoms with van der Waals surface area (Å²) in [4.78, 5) is 19.8. The summed E-state index contributed by atoms with van der Waals surface area (Å²) in [5, 5.41) is 9.26. The summed E-state index contributed by atoms with van der Waals surface area (Å²) in [5.41, 5.74) is 10.3. The van der Waals surface area contributed by atoms with Crippen LogP contribution in [0.1, 0.15) is 44.2 Å². The number of amidine groups is 1. The van der Waals surface area contributed by atoms with Gasteiger partial charge in [0, 0.05) is 56.3 Å². The maximum Gasteiger partial charge on any atom is 0.250 e. The zero-order valence-electron chi connectivity index (χ0n) is 21.5. The molecule has 0 aromatic heterocycles. The van der Waals surface area contributed by atoms with Crippen molar-refractivity contribution in [3.8, 4) is 11.1 Å². The van der Waals surface area contributed by atoms with Crippen molar-refractivity contribution in [1.82, 2.24) is 9.21 Å². The van der Waals surface area contributed by atoms with Gasteiger partial charge in [0.2, 0.25) is 15.9 Å². The number of amides is 1. The van der Waals surface area contributed by atoms with Crippen molar-refractivity contribution in [3.05, 3.63) is 60.0 Å². The summed E-state index contributed by atoms with van der Waals surface area (Å²) in [6.07, 6.45) is 3.89. The maximum atomic E-state index is 13.2. The SMILES string of the molecule is [CH2]c1cc(-c2ccc3c(c2)N=C(N)CC(C(=O)N(CCC)CCC)=C3)cc(S(=O)(=O)N2CC(CO)C2)c1. The minimum atomic E-state index is -3.68. The molecule has 0 unspecified atom stereocenters. The summed E-state index contributed by atoms with van der Waals surface area (Å²) in [6.45, 7) is 10.1. The number of hydrogen-bond donors (Lipinski definition) is 2. The normalized spacial score (nSPS) is 16.3. The Labute approximate surface area is 219 Å². The molecular weight excluding hydrogens is 488 g/mol. The van der Waals surface area contributed by atoms with Crippen molar-refractivity contribution in [2.24, 2.45) is 16.6 Å². The molecule has 8 nitrogen and oxygen atoms in total. The average molecular weight is 524 g/mol. The average Bonchev–Trinajstić information content (AvgIpc) is 2.99. The Balaban J connectivity index is 1.67. The van der Waals surface area contributed by atoms with E-state index in [1.165, 1.54) is 4.31 Å². The fourth-order valence-corrected chi connectivity index (χ4v) is 6.41. The van der Waals surface area contributed by atoms with Gasteiger partial charge < -0.3 is 15.7 Å². The number of fused-ring (bicyclic) bond motifs is 1. The van der Waals surface area contributed by atoms with Gasteiger partial charge in [-0.1, -0.05) is 32.0 Å². The van der Waals surface area contributed by atoms with E-state index in [0.717, 1.165) is 24.0 Å². The first-order chi connectivity index (χ1) is 17.7. The molecule has 37 heavy (non-hydrogen) atoms. The number of nitrogens with two attached hydrogens (primary N) is 1. The zero-order chi connectivity index (χ0) is 26.7. The Morgan fingerprint density at radius 3 is 2.49 bits per heavy atom. The Morgan fingerprint density at radius 1 is 1.14 bits per heavy atom. The third kappa shape index (κ3) is 5.79. The van der Waals surface area contributed by atoms with Crippen molar-refractivity contribution in [2.75, 3.05) is 32.8 Å². The predicted molar refractivity (Wildman–Crippen MR) is 147 cm³/mol. The highest BCUT2D eigenvalue weighted by Gasteiger charge is 2.36. The lowest BCUT2D eigenvalue weighted by Gasteiger charge is -2.37. The van der Waals surface area contributed by atoms with Crippen molar-refractivity contribution in [3.63, 3.8) is 0 Å². The van der Waals surface area contributed by atoms with Crippen molar-refractivity contribution < 1.29 is 18.3 Å². The molecule has 3 N–H and O–H groups in total. The van der Waals surface area contributed by atoms with Gasteiger partial charge in [0.05, 0.1) is 10.6 Å². The number of benzene rings is 2. The van der Waals surface area contributed by atoms with Crippen LogP contribution in [0.4, 0.5) is 5.69 Å². The molecule has 1 radical (unpaired) electrons. The third-order valence-electron chi connectivity index (χ3n) is 6.66. The standard InChI is InChI=1S/C28H35N4O4S/c1-4-8-31(9-5-2)28(34)24-12-22-7-6-21(14-26(22)30-27(29)15-24)23-10-19(3)11-25(13-23)37(35,36)32-16-20(17-32)18-33/h6-7,10-14,20,33H,3-5,8-9,15-18H2,1-2H3,(H2,29,30). The van der Waals surface area contributed by atoms with E-state index < -0.39 is 10.0 Å². The van der Waals surface area contributed by atoms with Crippen LogP contribution in [0.3, 0.4) is 0 Å². The Hall–Kier alpha value is -3.01. The van der Waals surface area contributed by atoms with Gasteiger partial charge in [-0.2, -0.15) is 4.31 Å². The summed E-state index contributed by atoms with van der Waals surface area (Å²) in [5.74, 6) is 0.313. The quantitative estimate of drug-likeness (QED) is 0.521. The van der Waals surface area contributed by atoms with E-state index in [4.69, 9.17) is 5.73 Å². The zero-order valence-corrected chi connectivity index (χ0v) is 22.3. The molecule has 1 amide bonds. The molecule has 4 rings (SSSR count). The molecule has 2 heterocycles. The van der Waals surface area contributed by atoms with Crippen LogP contribution < -0.4 is 5.73 Å². The molecule has 1 saturated heterocycles. The summed E-state index contributed by atoms with van der Waals surface area (Å²) in [7, 11) is -3.68. The Morgan fingerprint density at radius 2 is 1.84 bits per heavy atom. The number of aliphatic hydroxyl groups is 1. The number of aliphatic hydroxyl groups excluding tert-OH is 1. The number of rotatable bonds is 9. The molecule has 2 aliphatic heterocycles. The number of carbonyl (C=O) groups excluding carboxylic acids is 1. The predicted octanol–water partition coefficient (Wildman–Crippen LogP) is 3.57. The molecule has 0 atom stereocenters. The molecule has 2 aromatic rings. The number of aliphatic imine (C=N–C) groups is 1. The topological polar surface area (TPSA) is 116 Å². The van der Waals surface area contributed by atoms with E-state index in [2.05, 4.69) is 25.8 Å². The fourth-order valence-electron chi connectivity index (χ4n) is 4.73.